The quantitative estimate of drug-likeness (QED) is 0.842. The second-order valence-corrected chi connectivity index (χ2v) is 6.74. The van der Waals surface area contributed by atoms with Gasteiger partial charge in [-0.15, -0.1) is 0 Å². The molecular formula is C14H18Cl2O. The Morgan fingerprint density at radius 3 is 2.53 bits per heavy atom. The highest BCUT2D eigenvalue weighted by Gasteiger charge is 2.41. The first kappa shape index (κ1) is 13.2. The summed E-state index contributed by atoms with van der Waals surface area (Å²) >= 11 is 12.1. The van der Waals surface area contributed by atoms with E-state index in [0.29, 0.717) is 16.5 Å². The molecule has 1 aromatic rings. The molecule has 0 amide bonds. The minimum atomic E-state index is -0.627. The van der Waals surface area contributed by atoms with Crippen LogP contribution in [0, 0.1) is 5.41 Å². The minimum absolute atomic E-state index is 0.222. The van der Waals surface area contributed by atoms with Gasteiger partial charge in [-0.05, 0) is 36.3 Å². The normalized spacial score (nSPS) is 27.4. The van der Waals surface area contributed by atoms with E-state index in [-0.39, 0.29) is 5.41 Å². The van der Waals surface area contributed by atoms with E-state index in [4.69, 9.17) is 23.2 Å². The molecule has 17 heavy (non-hydrogen) atoms. The van der Waals surface area contributed by atoms with Crippen molar-refractivity contribution in [2.75, 3.05) is 0 Å². The van der Waals surface area contributed by atoms with Crippen molar-refractivity contribution in [3.63, 3.8) is 0 Å². The van der Waals surface area contributed by atoms with Crippen LogP contribution in [-0.2, 0) is 6.42 Å². The molecule has 1 fully saturated rings. The number of aliphatic hydroxyl groups is 1. The smallest absolute Gasteiger partial charge is 0.0693 e. The van der Waals surface area contributed by atoms with E-state index in [1.165, 1.54) is 0 Å². The molecule has 1 atom stereocenters. The molecule has 94 valence electrons. The topological polar surface area (TPSA) is 20.2 Å². The molecule has 1 unspecified atom stereocenters. The molecule has 3 heteroatoms. The van der Waals surface area contributed by atoms with Gasteiger partial charge in [0.1, 0.15) is 0 Å². The molecule has 1 saturated carbocycles. The highest BCUT2D eigenvalue weighted by atomic mass is 35.5. The monoisotopic (exact) mass is 272 g/mol. The van der Waals surface area contributed by atoms with E-state index in [9.17, 15) is 5.11 Å². The fourth-order valence-electron chi connectivity index (χ4n) is 2.83. The number of hydrogen-bond acceptors (Lipinski definition) is 1. The number of benzene rings is 1. The predicted molar refractivity (Wildman–Crippen MR) is 72.7 cm³/mol. The lowest BCUT2D eigenvalue weighted by atomic mass is 9.86. The van der Waals surface area contributed by atoms with Crippen molar-refractivity contribution in [2.45, 2.75) is 45.1 Å². The maximum Gasteiger partial charge on any atom is 0.0693 e. The predicted octanol–water partition coefficient (Wildman–Crippen LogP) is 4.48. The van der Waals surface area contributed by atoms with Gasteiger partial charge in [0.2, 0.25) is 0 Å². The van der Waals surface area contributed by atoms with Gasteiger partial charge in [-0.3, -0.25) is 0 Å². The summed E-state index contributed by atoms with van der Waals surface area (Å²) in [6, 6.07) is 5.60. The molecule has 1 aliphatic rings. The first-order valence-electron chi connectivity index (χ1n) is 5.97. The van der Waals surface area contributed by atoms with Gasteiger partial charge in [0.25, 0.3) is 0 Å². The first-order valence-corrected chi connectivity index (χ1v) is 6.72. The Kier molecular flexibility index (Phi) is 3.46. The molecular weight excluding hydrogens is 255 g/mol. The van der Waals surface area contributed by atoms with Crippen LogP contribution in [0.3, 0.4) is 0 Å². The van der Waals surface area contributed by atoms with E-state index in [1.54, 1.807) is 6.07 Å². The van der Waals surface area contributed by atoms with Crippen LogP contribution in [0.15, 0.2) is 18.2 Å². The summed E-state index contributed by atoms with van der Waals surface area (Å²) in [4.78, 5) is 0. The molecule has 0 aromatic heterocycles. The van der Waals surface area contributed by atoms with Crippen molar-refractivity contribution in [2.24, 2.45) is 5.41 Å². The highest BCUT2D eigenvalue weighted by molar-refractivity contribution is 6.42. The SMILES string of the molecule is CC1(C)CCC(O)(Cc2cccc(Cl)c2Cl)C1. The molecule has 0 radical (unpaired) electrons. The highest BCUT2D eigenvalue weighted by Crippen LogP contribution is 2.45. The van der Waals surface area contributed by atoms with Crippen LogP contribution in [0.4, 0.5) is 0 Å². The summed E-state index contributed by atoms with van der Waals surface area (Å²) < 4.78 is 0. The second kappa shape index (κ2) is 4.46. The number of hydrogen-bond donors (Lipinski definition) is 1. The third kappa shape index (κ3) is 2.96. The van der Waals surface area contributed by atoms with E-state index in [2.05, 4.69) is 13.8 Å². The van der Waals surface area contributed by atoms with Crippen molar-refractivity contribution < 1.29 is 5.11 Å². The zero-order chi connectivity index (χ0) is 12.7. The summed E-state index contributed by atoms with van der Waals surface area (Å²) in [7, 11) is 0. The van der Waals surface area contributed by atoms with Crippen LogP contribution >= 0.6 is 23.2 Å². The second-order valence-electron chi connectivity index (χ2n) is 5.96. The van der Waals surface area contributed by atoms with Crippen LogP contribution < -0.4 is 0 Å². The number of halogens is 2. The maximum absolute atomic E-state index is 10.6. The third-order valence-electron chi connectivity index (χ3n) is 3.63. The summed E-state index contributed by atoms with van der Waals surface area (Å²) in [5.74, 6) is 0. The van der Waals surface area contributed by atoms with Gasteiger partial charge in [0, 0.05) is 6.42 Å². The van der Waals surface area contributed by atoms with Gasteiger partial charge < -0.3 is 5.11 Å². The van der Waals surface area contributed by atoms with Crippen molar-refractivity contribution in [3.8, 4) is 0 Å². The minimum Gasteiger partial charge on any atom is -0.390 e. The van der Waals surface area contributed by atoms with Gasteiger partial charge in [-0.25, -0.2) is 0 Å². The first-order chi connectivity index (χ1) is 7.81. The Labute approximate surface area is 113 Å². The van der Waals surface area contributed by atoms with Gasteiger partial charge in [0.05, 0.1) is 15.6 Å². The lowest BCUT2D eigenvalue weighted by Crippen LogP contribution is -2.29. The average Bonchev–Trinajstić information content (AvgIpc) is 2.49. The zero-order valence-corrected chi connectivity index (χ0v) is 11.8. The van der Waals surface area contributed by atoms with Gasteiger partial charge in [-0.2, -0.15) is 0 Å². The molecule has 0 heterocycles. The standard InChI is InChI=1S/C14H18Cl2O/c1-13(2)6-7-14(17,9-13)8-10-4-3-5-11(15)12(10)16/h3-5,17H,6-9H2,1-2H3. The van der Waals surface area contributed by atoms with Crippen LogP contribution in [-0.4, -0.2) is 10.7 Å². The Morgan fingerprint density at radius 1 is 1.24 bits per heavy atom. The van der Waals surface area contributed by atoms with Crippen molar-refractivity contribution in [1.29, 1.82) is 0 Å². The molecule has 1 nitrogen and oxygen atoms in total. The van der Waals surface area contributed by atoms with Gasteiger partial charge in [-0.1, -0.05) is 49.2 Å². The van der Waals surface area contributed by atoms with Crippen LogP contribution in [0.2, 0.25) is 10.0 Å². The summed E-state index contributed by atoms with van der Waals surface area (Å²) in [6.45, 7) is 4.40. The van der Waals surface area contributed by atoms with E-state index < -0.39 is 5.60 Å². The van der Waals surface area contributed by atoms with E-state index in [0.717, 1.165) is 24.8 Å². The summed E-state index contributed by atoms with van der Waals surface area (Å²) in [6.07, 6.45) is 3.31. The van der Waals surface area contributed by atoms with Crippen LogP contribution in [0.25, 0.3) is 0 Å². The largest absolute Gasteiger partial charge is 0.390 e. The fourth-order valence-corrected chi connectivity index (χ4v) is 3.22. The number of rotatable bonds is 2. The molecule has 2 rings (SSSR count). The summed E-state index contributed by atoms with van der Waals surface area (Å²) in [5, 5.41) is 11.7. The molecule has 0 bridgehead atoms. The van der Waals surface area contributed by atoms with Crippen molar-refractivity contribution >= 4 is 23.2 Å². The van der Waals surface area contributed by atoms with Crippen LogP contribution in [0.5, 0.6) is 0 Å². The van der Waals surface area contributed by atoms with Crippen LogP contribution in [0.1, 0.15) is 38.7 Å². The van der Waals surface area contributed by atoms with Crippen molar-refractivity contribution in [3.05, 3.63) is 33.8 Å². The zero-order valence-electron chi connectivity index (χ0n) is 10.3. The van der Waals surface area contributed by atoms with Gasteiger partial charge in [0.15, 0.2) is 0 Å². The Balaban J connectivity index is 2.19. The van der Waals surface area contributed by atoms with Crippen molar-refractivity contribution in [1.82, 2.24) is 0 Å². The molecule has 1 aliphatic carbocycles. The molecule has 0 saturated heterocycles. The lowest BCUT2D eigenvalue weighted by molar-refractivity contribution is 0.0379. The Bertz CT molecular complexity index is 428. The molecule has 1 N–H and O–H groups in total. The lowest BCUT2D eigenvalue weighted by Gasteiger charge is -2.25. The summed E-state index contributed by atoms with van der Waals surface area (Å²) in [5.41, 5.74) is 0.539. The molecule has 1 aromatic carbocycles. The maximum atomic E-state index is 10.6. The van der Waals surface area contributed by atoms with Gasteiger partial charge >= 0.3 is 0 Å². The Hall–Kier alpha value is -0.240. The third-order valence-corrected chi connectivity index (χ3v) is 4.48. The van der Waals surface area contributed by atoms with E-state index >= 15 is 0 Å². The average molecular weight is 273 g/mol. The van der Waals surface area contributed by atoms with E-state index in [1.807, 2.05) is 12.1 Å². The molecule has 0 aliphatic heterocycles. The Morgan fingerprint density at radius 2 is 1.94 bits per heavy atom. The molecule has 0 spiro atoms. The fraction of sp³-hybridized carbons (Fsp3) is 0.571.